The SMILES string of the molecule is CNC(=O)c1ccc(CN(C)C(=O)CCOc2ccc(C)cc2C)cc1. The van der Waals surface area contributed by atoms with Gasteiger partial charge in [-0.25, -0.2) is 0 Å². The van der Waals surface area contributed by atoms with Crippen LogP contribution in [0.5, 0.6) is 5.75 Å². The molecule has 26 heavy (non-hydrogen) atoms. The topological polar surface area (TPSA) is 58.6 Å². The third kappa shape index (κ3) is 5.34. The summed E-state index contributed by atoms with van der Waals surface area (Å²) in [5.74, 6) is 0.713. The average Bonchev–Trinajstić information content (AvgIpc) is 2.63. The van der Waals surface area contributed by atoms with Crippen molar-refractivity contribution < 1.29 is 14.3 Å². The van der Waals surface area contributed by atoms with Crippen molar-refractivity contribution >= 4 is 11.8 Å². The minimum absolute atomic E-state index is 0.0187. The third-order valence-corrected chi connectivity index (χ3v) is 4.19. The van der Waals surface area contributed by atoms with Crippen molar-refractivity contribution in [3.63, 3.8) is 0 Å². The molecule has 2 aromatic rings. The minimum atomic E-state index is -0.121. The summed E-state index contributed by atoms with van der Waals surface area (Å²) in [5, 5.41) is 2.59. The maximum Gasteiger partial charge on any atom is 0.251 e. The molecule has 0 aromatic heterocycles. The van der Waals surface area contributed by atoms with E-state index in [-0.39, 0.29) is 11.8 Å². The van der Waals surface area contributed by atoms with E-state index in [1.165, 1.54) is 5.56 Å². The Morgan fingerprint density at radius 2 is 1.77 bits per heavy atom. The monoisotopic (exact) mass is 354 g/mol. The van der Waals surface area contributed by atoms with Gasteiger partial charge < -0.3 is 15.0 Å². The molecule has 0 aliphatic heterocycles. The van der Waals surface area contributed by atoms with Crippen molar-refractivity contribution in [2.24, 2.45) is 0 Å². The maximum atomic E-state index is 12.3. The Bertz CT molecular complexity index is 769. The van der Waals surface area contributed by atoms with Gasteiger partial charge in [-0.15, -0.1) is 0 Å². The van der Waals surface area contributed by atoms with Crippen LogP contribution in [-0.2, 0) is 11.3 Å². The smallest absolute Gasteiger partial charge is 0.251 e. The number of hydrogen-bond donors (Lipinski definition) is 1. The summed E-state index contributed by atoms with van der Waals surface area (Å²) in [7, 11) is 3.37. The van der Waals surface area contributed by atoms with Gasteiger partial charge in [-0.05, 0) is 43.2 Å². The van der Waals surface area contributed by atoms with Gasteiger partial charge >= 0.3 is 0 Å². The number of nitrogens with zero attached hydrogens (tertiary/aromatic N) is 1. The molecule has 2 aromatic carbocycles. The largest absolute Gasteiger partial charge is 0.493 e. The molecule has 5 nitrogen and oxygen atoms in total. The molecule has 0 radical (unpaired) electrons. The van der Waals surface area contributed by atoms with Crippen LogP contribution >= 0.6 is 0 Å². The first-order valence-corrected chi connectivity index (χ1v) is 8.65. The van der Waals surface area contributed by atoms with Crippen molar-refractivity contribution in [1.29, 1.82) is 0 Å². The third-order valence-electron chi connectivity index (χ3n) is 4.19. The van der Waals surface area contributed by atoms with Crippen LogP contribution < -0.4 is 10.1 Å². The number of nitrogens with one attached hydrogen (secondary N) is 1. The predicted octanol–water partition coefficient (Wildman–Crippen LogP) is 3.09. The molecule has 2 rings (SSSR count). The van der Waals surface area contributed by atoms with Gasteiger partial charge in [0.2, 0.25) is 5.91 Å². The van der Waals surface area contributed by atoms with Crippen LogP contribution in [0.3, 0.4) is 0 Å². The lowest BCUT2D eigenvalue weighted by Crippen LogP contribution is -2.27. The fourth-order valence-corrected chi connectivity index (χ4v) is 2.67. The zero-order valence-electron chi connectivity index (χ0n) is 15.8. The van der Waals surface area contributed by atoms with E-state index in [2.05, 4.69) is 11.4 Å². The van der Waals surface area contributed by atoms with Gasteiger partial charge in [0, 0.05) is 26.2 Å². The average molecular weight is 354 g/mol. The second-order valence-electron chi connectivity index (χ2n) is 6.39. The van der Waals surface area contributed by atoms with Gasteiger partial charge in [-0.1, -0.05) is 29.8 Å². The normalized spacial score (nSPS) is 10.3. The molecule has 0 spiro atoms. The van der Waals surface area contributed by atoms with E-state index in [0.29, 0.717) is 25.1 Å². The molecule has 1 N–H and O–H groups in total. The highest BCUT2D eigenvalue weighted by Gasteiger charge is 2.11. The Balaban J connectivity index is 1.82. The van der Waals surface area contributed by atoms with Gasteiger partial charge in [0.25, 0.3) is 5.91 Å². The summed E-state index contributed by atoms with van der Waals surface area (Å²) in [6.07, 6.45) is 0.320. The standard InChI is InChI=1S/C21H26N2O3/c1-15-5-10-19(16(2)13-15)26-12-11-20(24)23(4)14-17-6-8-18(9-7-17)21(25)22-3/h5-10,13H,11-12,14H2,1-4H3,(H,22,25). The van der Waals surface area contributed by atoms with Gasteiger partial charge in [0.15, 0.2) is 0 Å². The molecule has 0 aliphatic carbocycles. The zero-order valence-corrected chi connectivity index (χ0v) is 15.8. The van der Waals surface area contributed by atoms with Crippen LogP contribution in [-0.4, -0.2) is 37.4 Å². The highest BCUT2D eigenvalue weighted by molar-refractivity contribution is 5.93. The van der Waals surface area contributed by atoms with E-state index >= 15 is 0 Å². The van der Waals surface area contributed by atoms with Crippen LogP contribution in [0.2, 0.25) is 0 Å². The summed E-state index contributed by atoms with van der Waals surface area (Å²) >= 11 is 0. The van der Waals surface area contributed by atoms with Crippen LogP contribution in [0.25, 0.3) is 0 Å². The second kappa shape index (κ2) is 9.04. The molecule has 0 aliphatic rings. The number of aryl methyl sites for hydroxylation is 2. The lowest BCUT2D eigenvalue weighted by molar-refractivity contribution is -0.130. The number of amides is 2. The number of ether oxygens (including phenoxy) is 1. The van der Waals surface area contributed by atoms with Crippen LogP contribution in [0.1, 0.15) is 33.5 Å². The number of benzene rings is 2. The molecule has 2 amide bonds. The molecular weight excluding hydrogens is 328 g/mol. The maximum absolute atomic E-state index is 12.3. The Morgan fingerprint density at radius 1 is 1.08 bits per heavy atom. The lowest BCUT2D eigenvalue weighted by atomic mass is 10.1. The number of carbonyl (C=O) groups excluding carboxylic acids is 2. The lowest BCUT2D eigenvalue weighted by Gasteiger charge is -2.18. The molecule has 0 fully saturated rings. The predicted molar refractivity (Wildman–Crippen MR) is 102 cm³/mol. The summed E-state index contributed by atoms with van der Waals surface area (Å²) in [4.78, 5) is 25.5. The Morgan fingerprint density at radius 3 is 2.38 bits per heavy atom. The number of carbonyl (C=O) groups is 2. The zero-order chi connectivity index (χ0) is 19.1. The number of rotatable bonds is 7. The van der Waals surface area contributed by atoms with E-state index in [9.17, 15) is 9.59 Å². The van der Waals surface area contributed by atoms with Crippen molar-refractivity contribution in [3.8, 4) is 5.75 Å². The molecular formula is C21H26N2O3. The summed E-state index contributed by atoms with van der Waals surface area (Å²) in [6.45, 7) is 4.88. The highest BCUT2D eigenvalue weighted by Crippen LogP contribution is 2.19. The highest BCUT2D eigenvalue weighted by atomic mass is 16.5. The molecule has 0 saturated carbocycles. The van der Waals surface area contributed by atoms with E-state index in [1.54, 1.807) is 31.1 Å². The first-order chi connectivity index (χ1) is 12.4. The molecule has 0 saturated heterocycles. The summed E-state index contributed by atoms with van der Waals surface area (Å²) in [5.41, 5.74) is 3.84. The van der Waals surface area contributed by atoms with E-state index < -0.39 is 0 Å². The first-order valence-electron chi connectivity index (χ1n) is 8.65. The Labute approximate surface area is 155 Å². The molecule has 5 heteroatoms. The molecule has 138 valence electrons. The Hall–Kier alpha value is -2.82. The van der Waals surface area contributed by atoms with Crippen molar-refractivity contribution in [3.05, 3.63) is 64.7 Å². The Kier molecular flexibility index (Phi) is 6.78. The molecule has 0 unspecified atom stereocenters. The van der Waals surface area contributed by atoms with Gasteiger partial charge in [0.1, 0.15) is 5.75 Å². The summed E-state index contributed by atoms with van der Waals surface area (Å²) in [6, 6.07) is 13.2. The fraction of sp³-hybridized carbons (Fsp3) is 0.333. The number of hydrogen-bond acceptors (Lipinski definition) is 3. The summed E-state index contributed by atoms with van der Waals surface area (Å²) < 4.78 is 5.73. The van der Waals surface area contributed by atoms with Crippen molar-refractivity contribution in [2.75, 3.05) is 20.7 Å². The molecule has 0 bridgehead atoms. The van der Waals surface area contributed by atoms with Gasteiger partial charge in [0.05, 0.1) is 13.0 Å². The van der Waals surface area contributed by atoms with Crippen LogP contribution in [0, 0.1) is 13.8 Å². The van der Waals surface area contributed by atoms with E-state index in [1.807, 2.05) is 38.1 Å². The molecule has 0 atom stereocenters. The van der Waals surface area contributed by atoms with Gasteiger partial charge in [-0.3, -0.25) is 9.59 Å². The van der Waals surface area contributed by atoms with Crippen molar-refractivity contribution in [2.45, 2.75) is 26.8 Å². The van der Waals surface area contributed by atoms with Gasteiger partial charge in [-0.2, -0.15) is 0 Å². The quantitative estimate of drug-likeness (QED) is 0.831. The second-order valence-corrected chi connectivity index (χ2v) is 6.39. The van der Waals surface area contributed by atoms with Crippen LogP contribution in [0.4, 0.5) is 0 Å². The first kappa shape index (κ1) is 19.5. The van der Waals surface area contributed by atoms with E-state index in [4.69, 9.17) is 4.74 Å². The fourth-order valence-electron chi connectivity index (χ4n) is 2.67. The van der Waals surface area contributed by atoms with Crippen LogP contribution in [0.15, 0.2) is 42.5 Å². The molecule has 0 heterocycles. The van der Waals surface area contributed by atoms with Crippen molar-refractivity contribution in [1.82, 2.24) is 10.2 Å². The minimum Gasteiger partial charge on any atom is -0.493 e. The van der Waals surface area contributed by atoms with E-state index in [0.717, 1.165) is 16.9 Å².